The summed E-state index contributed by atoms with van der Waals surface area (Å²) >= 11 is 0. The van der Waals surface area contributed by atoms with E-state index < -0.39 is 6.10 Å². The van der Waals surface area contributed by atoms with Crippen molar-refractivity contribution >= 4 is 22.7 Å². The Hall–Kier alpha value is -2.75. The molecule has 1 aliphatic rings. The average Bonchev–Trinajstić information content (AvgIpc) is 3.31. The molecule has 1 aliphatic carbocycles. The third kappa shape index (κ3) is 4.55. The minimum Gasteiger partial charge on any atom is -0.454 e. The van der Waals surface area contributed by atoms with Gasteiger partial charge in [-0.05, 0) is 51.7 Å². The van der Waals surface area contributed by atoms with Gasteiger partial charge in [0.1, 0.15) is 11.6 Å². The summed E-state index contributed by atoms with van der Waals surface area (Å²) in [4.78, 5) is 13.8. The molecule has 3 aromatic rings. The maximum Gasteiger partial charge on any atom is 0.224 e. The molecule has 0 aliphatic heterocycles. The molecule has 0 bridgehead atoms. The number of fused-ring (bicyclic) bond motifs is 1. The first-order chi connectivity index (χ1) is 15.4. The van der Waals surface area contributed by atoms with Crippen LogP contribution in [0.3, 0.4) is 0 Å². The third-order valence-electron chi connectivity index (χ3n) is 5.93. The largest absolute Gasteiger partial charge is 0.454 e. The maximum atomic E-state index is 10.5. The number of nitrogens with one attached hydrogen (secondary N) is 2. The van der Waals surface area contributed by atoms with Crippen LogP contribution in [0.2, 0.25) is 0 Å². The van der Waals surface area contributed by atoms with Crippen molar-refractivity contribution in [3.63, 3.8) is 0 Å². The van der Waals surface area contributed by atoms with Crippen molar-refractivity contribution in [3.05, 3.63) is 29.2 Å². The van der Waals surface area contributed by atoms with E-state index in [1.165, 1.54) is 0 Å². The molecule has 172 valence electrons. The van der Waals surface area contributed by atoms with E-state index >= 15 is 0 Å². The lowest BCUT2D eigenvalue weighted by Gasteiger charge is -2.20. The number of hydrogen-bond acceptors (Lipinski definition) is 9. The van der Waals surface area contributed by atoms with Crippen LogP contribution in [0.15, 0.2) is 16.5 Å². The first-order valence-electron chi connectivity index (χ1n) is 10.9. The van der Waals surface area contributed by atoms with E-state index in [1.54, 1.807) is 7.11 Å². The number of furan rings is 1. The fraction of sp³-hybridized carbons (Fsp3) is 0.522. The molecular formula is C23H31N5O4. The number of ether oxygens (including phenoxy) is 1. The van der Waals surface area contributed by atoms with Gasteiger partial charge in [-0.2, -0.15) is 4.98 Å². The molecule has 0 spiro atoms. The Labute approximate surface area is 187 Å². The number of aliphatic hydroxyl groups is 2. The molecule has 3 unspecified atom stereocenters. The molecule has 9 heteroatoms. The first-order valence-corrected chi connectivity index (χ1v) is 10.9. The van der Waals surface area contributed by atoms with Gasteiger partial charge in [0, 0.05) is 31.3 Å². The molecule has 3 atom stereocenters. The zero-order valence-electron chi connectivity index (χ0n) is 19.0. The van der Waals surface area contributed by atoms with Crippen molar-refractivity contribution in [2.45, 2.75) is 45.8 Å². The van der Waals surface area contributed by atoms with Gasteiger partial charge in [-0.25, -0.2) is 4.98 Å². The molecular weight excluding hydrogens is 410 g/mol. The Morgan fingerprint density at radius 2 is 1.94 bits per heavy atom. The van der Waals surface area contributed by atoms with E-state index in [9.17, 15) is 10.2 Å². The Bertz CT molecular complexity index is 1100. The average molecular weight is 442 g/mol. The van der Waals surface area contributed by atoms with Crippen LogP contribution in [-0.2, 0) is 4.74 Å². The van der Waals surface area contributed by atoms with Crippen molar-refractivity contribution in [2.24, 2.45) is 5.92 Å². The van der Waals surface area contributed by atoms with Crippen LogP contribution in [0.5, 0.6) is 0 Å². The number of nitrogens with zero attached hydrogens (tertiary/aromatic N) is 3. The highest BCUT2D eigenvalue weighted by molar-refractivity contribution is 5.87. The Kier molecular flexibility index (Phi) is 6.59. The second-order valence-electron chi connectivity index (χ2n) is 8.49. The monoisotopic (exact) mass is 441 g/mol. The van der Waals surface area contributed by atoms with Gasteiger partial charge in [0.05, 0.1) is 35.7 Å². The Morgan fingerprint density at radius 3 is 2.66 bits per heavy atom. The highest BCUT2D eigenvalue weighted by Crippen LogP contribution is 2.37. The van der Waals surface area contributed by atoms with Crippen molar-refractivity contribution in [1.29, 1.82) is 0 Å². The number of hydrogen-bond donors (Lipinski definition) is 4. The van der Waals surface area contributed by atoms with Crippen LogP contribution in [0.4, 0.5) is 11.8 Å². The number of pyridine rings is 1. The highest BCUT2D eigenvalue weighted by atomic mass is 16.5. The number of aromatic nitrogens is 3. The molecule has 9 nitrogen and oxygen atoms in total. The second-order valence-corrected chi connectivity index (χ2v) is 8.49. The van der Waals surface area contributed by atoms with Crippen molar-refractivity contribution in [1.82, 2.24) is 15.0 Å². The quantitative estimate of drug-likeness (QED) is 0.390. The van der Waals surface area contributed by atoms with Crippen molar-refractivity contribution in [3.8, 4) is 11.3 Å². The van der Waals surface area contributed by atoms with E-state index in [4.69, 9.17) is 14.1 Å². The van der Waals surface area contributed by atoms with Gasteiger partial charge in [0.25, 0.3) is 0 Å². The summed E-state index contributed by atoms with van der Waals surface area (Å²) in [6, 6.07) is 3.75. The molecule has 4 N–H and O–H groups in total. The maximum absolute atomic E-state index is 10.5. The lowest BCUT2D eigenvalue weighted by molar-refractivity contribution is 0.157. The molecule has 0 aromatic carbocycles. The number of methoxy groups -OCH3 is 1. The van der Waals surface area contributed by atoms with Crippen LogP contribution >= 0.6 is 0 Å². The van der Waals surface area contributed by atoms with Crippen LogP contribution < -0.4 is 10.6 Å². The molecule has 32 heavy (non-hydrogen) atoms. The number of rotatable bonds is 8. The predicted octanol–water partition coefficient (Wildman–Crippen LogP) is 2.81. The third-order valence-corrected chi connectivity index (χ3v) is 5.93. The van der Waals surface area contributed by atoms with Gasteiger partial charge in [-0.3, -0.25) is 4.98 Å². The summed E-state index contributed by atoms with van der Waals surface area (Å²) < 4.78 is 11.3. The molecule has 3 aromatic heterocycles. The van der Waals surface area contributed by atoms with Gasteiger partial charge in [-0.1, -0.05) is 0 Å². The smallest absolute Gasteiger partial charge is 0.224 e. The predicted molar refractivity (Wildman–Crippen MR) is 123 cm³/mol. The summed E-state index contributed by atoms with van der Waals surface area (Å²) in [6.45, 7) is 6.96. The van der Waals surface area contributed by atoms with Crippen molar-refractivity contribution < 1.29 is 19.4 Å². The molecule has 0 amide bonds. The summed E-state index contributed by atoms with van der Waals surface area (Å²) in [7, 11) is 1.64. The summed E-state index contributed by atoms with van der Waals surface area (Å²) in [5, 5.41) is 27.6. The number of aliphatic hydroxyl groups excluding tert-OH is 2. The fourth-order valence-electron chi connectivity index (χ4n) is 4.41. The van der Waals surface area contributed by atoms with E-state index in [0.29, 0.717) is 43.5 Å². The summed E-state index contributed by atoms with van der Waals surface area (Å²) in [5.74, 6) is 1.77. The van der Waals surface area contributed by atoms with E-state index in [2.05, 4.69) is 20.6 Å². The van der Waals surface area contributed by atoms with E-state index in [0.717, 1.165) is 33.6 Å². The van der Waals surface area contributed by atoms with Gasteiger partial charge in [-0.15, -0.1) is 0 Å². The topological polar surface area (TPSA) is 126 Å². The summed E-state index contributed by atoms with van der Waals surface area (Å²) in [5.41, 5.74) is 3.98. The second kappa shape index (κ2) is 9.40. The van der Waals surface area contributed by atoms with E-state index in [1.807, 2.05) is 32.9 Å². The lowest BCUT2D eigenvalue weighted by Crippen LogP contribution is -2.29. The normalized spacial score (nSPS) is 20.8. The molecule has 1 saturated carbocycles. The molecule has 4 rings (SSSR count). The van der Waals surface area contributed by atoms with Crippen LogP contribution in [0, 0.1) is 26.7 Å². The zero-order valence-corrected chi connectivity index (χ0v) is 19.0. The molecule has 3 heterocycles. The first kappa shape index (κ1) is 22.4. The molecule has 1 fully saturated rings. The molecule has 0 radical (unpaired) electrons. The van der Waals surface area contributed by atoms with Crippen molar-refractivity contribution in [2.75, 3.05) is 37.5 Å². The van der Waals surface area contributed by atoms with Crippen LogP contribution in [-0.4, -0.2) is 64.2 Å². The summed E-state index contributed by atoms with van der Waals surface area (Å²) in [6.07, 6.45) is 0.654. The SMILES string of the molecule is COCCNc1nc(C)c(-c2cc3cc(C)nc(C)c3o2)c(NC2CC(CO)CC2O)n1. The zero-order chi connectivity index (χ0) is 22.8. The van der Waals surface area contributed by atoms with Gasteiger partial charge < -0.3 is 30.0 Å². The Balaban J connectivity index is 1.76. The fourth-order valence-corrected chi connectivity index (χ4v) is 4.41. The van der Waals surface area contributed by atoms with Gasteiger partial charge >= 0.3 is 0 Å². The Morgan fingerprint density at radius 1 is 1.12 bits per heavy atom. The van der Waals surface area contributed by atoms with E-state index in [-0.39, 0.29) is 18.6 Å². The standard InChI is InChI=1S/C23H31N5O4/c1-12-7-16-10-19(32-21(16)14(3)25-12)20-13(2)26-23(24-5-6-31-4)28-22(20)27-17-8-15(11-29)9-18(17)30/h7,10,15,17-18,29-30H,5-6,8-9,11H2,1-4H3,(H2,24,26,27,28). The van der Waals surface area contributed by atoms with Gasteiger partial charge in [0.15, 0.2) is 5.58 Å². The van der Waals surface area contributed by atoms with Crippen LogP contribution in [0.25, 0.3) is 22.3 Å². The highest BCUT2D eigenvalue weighted by Gasteiger charge is 2.34. The minimum absolute atomic E-state index is 0.0594. The lowest BCUT2D eigenvalue weighted by atomic mass is 10.1. The molecule has 0 saturated heterocycles. The van der Waals surface area contributed by atoms with Crippen LogP contribution in [0.1, 0.15) is 29.9 Å². The minimum atomic E-state index is -0.565. The van der Waals surface area contributed by atoms with Gasteiger partial charge in [0.2, 0.25) is 5.95 Å². The number of anilines is 2. The number of aryl methyl sites for hydroxylation is 3.